The number of amides is 1. The number of carboxylic acid groups (broad SMARTS) is 2. The minimum atomic E-state index is -1.11. The van der Waals surface area contributed by atoms with Gasteiger partial charge in [-0.2, -0.15) is 5.10 Å². The Morgan fingerprint density at radius 3 is 2.42 bits per heavy atom. The first-order chi connectivity index (χ1) is 12.1. The Kier molecular flexibility index (Phi) is 5.64. The fourth-order valence-corrected chi connectivity index (χ4v) is 2.69. The molecule has 26 heavy (non-hydrogen) atoms. The van der Waals surface area contributed by atoms with Gasteiger partial charge in [0.1, 0.15) is 6.04 Å². The van der Waals surface area contributed by atoms with E-state index in [9.17, 15) is 19.5 Å². The standard InChI is InChI=1S/C18H23N3O5/c1-18(2,3)15(17(25)26)19-16(24)14-11-7-4-5-8-12(11)21(20-14)10-6-9-13(22)23/h4-5,7-8,15H,6,9-10H2,1-3H3,(H,19,24)(H,22,23)(H,25,26)/t15-/m1/s1. The third-order valence-corrected chi connectivity index (χ3v) is 4.02. The van der Waals surface area contributed by atoms with E-state index in [1.807, 2.05) is 0 Å². The molecule has 0 bridgehead atoms. The highest BCUT2D eigenvalue weighted by Crippen LogP contribution is 2.22. The Bertz CT molecular complexity index is 835. The molecule has 0 aliphatic heterocycles. The third kappa shape index (κ3) is 4.38. The van der Waals surface area contributed by atoms with Gasteiger partial charge in [0, 0.05) is 18.4 Å². The number of aryl methyl sites for hydroxylation is 1. The van der Waals surface area contributed by atoms with Crippen molar-refractivity contribution in [1.82, 2.24) is 15.1 Å². The van der Waals surface area contributed by atoms with Crippen LogP contribution in [0, 0.1) is 5.41 Å². The van der Waals surface area contributed by atoms with Gasteiger partial charge in [-0.15, -0.1) is 0 Å². The molecule has 140 valence electrons. The fraction of sp³-hybridized carbons (Fsp3) is 0.444. The highest BCUT2D eigenvalue weighted by atomic mass is 16.4. The van der Waals surface area contributed by atoms with E-state index >= 15 is 0 Å². The van der Waals surface area contributed by atoms with Gasteiger partial charge in [-0.05, 0) is 17.9 Å². The summed E-state index contributed by atoms with van der Waals surface area (Å²) < 4.78 is 1.58. The van der Waals surface area contributed by atoms with E-state index < -0.39 is 29.3 Å². The highest BCUT2D eigenvalue weighted by molar-refractivity contribution is 6.06. The van der Waals surface area contributed by atoms with Crippen LogP contribution < -0.4 is 5.32 Å². The Balaban J connectivity index is 2.32. The van der Waals surface area contributed by atoms with E-state index in [0.717, 1.165) is 0 Å². The smallest absolute Gasteiger partial charge is 0.326 e. The summed E-state index contributed by atoms with van der Waals surface area (Å²) in [5.41, 5.74) is 0.165. The van der Waals surface area contributed by atoms with Crippen LogP contribution in [-0.2, 0) is 16.1 Å². The van der Waals surface area contributed by atoms with Crippen LogP contribution in [0.1, 0.15) is 44.1 Å². The summed E-state index contributed by atoms with van der Waals surface area (Å²) in [5, 5.41) is 25.6. The fourth-order valence-electron chi connectivity index (χ4n) is 2.69. The van der Waals surface area contributed by atoms with Crippen LogP contribution in [0.15, 0.2) is 24.3 Å². The van der Waals surface area contributed by atoms with Crippen molar-refractivity contribution in [2.75, 3.05) is 0 Å². The largest absolute Gasteiger partial charge is 0.481 e. The van der Waals surface area contributed by atoms with Gasteiger partial charge < -0.3 is 15.5 Å². The second-order valence-electron chi connectivity index (χ2n) is 7.20. The van der Waals surface area contributed by atoms with E-state index in [1.165, 1.54) is 0 Å². The van der Waals surface area contributed by atoms with Gasteiger partial charge in [-0.3, -0.25) is 14.3 Å². The van der Waals surface area contributed by atoms with E-state index in [0.29, 0.717) is 23.9 Å². The molecule has 8 heteroatoms. The maximum Gasteiger partial charge on any atom is 0.326 e. The number of carbonyl (C=O) groups is 3. The van der Waals surface area contributed by atoms with Crippen molar-refractivity contribution in [3.8, 4) is 0 Å². The Hall–Kier alpha value is -2.90. The van der Waals surface area contributed by atoms with Crippen LogP contribution in [0.5, 0.6) is 0 Å². The van der Waals surface area contributed by atoms with Crippen LogP contribution in [0.4, 0.5) is 0 Å². The number of aliphatic carboxylic acids is 2. The van der Waals surface area contributed by atoms with Crippen molar-refractivity contribution < 1.29 is 24.6 Å². The molecule has 0 spiro atoms. The second kappa shape index (κ2) is 7.55. The third-order valence-electron chi connectivity index (χ3n) is 4.02. The lowest BCUT2D eigenvalue weighted by Crippen LogP contribution is -2.49. The summed E-state index contributed by atoms with van der Waals surface area (Å²) in [5.74, 6) is -2.58. The molecule has 0 saturated heterocycles. The second-order valence-corrected chi connectivity index (χ2v) is 7.20. The average Bonchev–Trinajstić information content (AvgIpc) is 2.90. The lowest BCUT2D eigenvalue weighted by atomic mass is 9.86. The number of para-hydroxylation sites is 1. The van der Waals surface area contributed by atoms with E-state index in [4.69, 9.17) is 5.11 Å². The molecule has 0 aliphatic carbocycles. The molecule has 2 aromatic rings. The molecule has 1 aromatic heterocycles. The quantitative estimate of drug-likeness (QED) is 0.694. The number of rotatable bonds is 7. The number of nitrogens with one attached hydrogen (secondary N) is 1. The number of aromatic nitrogens is 2. The number of nitrogens with zero attached hydrogens (tertiary/aromatic N) is 2. The topological polar surface area (TPSA) is 122 Å². The van der Waals surface area contributed by atoms with E-state index in [-0.39, 0.29) is 12.1 Å². The van der Waals surface area contributed by atoms with Gasteiger partial charge in [0.25, 0.3) is 5.91 Å². The zero-order chi connectivity index (χ0) is 19.5. The van der Waals surface area contributed by atoms with Gasteiger partial charge in [-0.25, -0.2) is 4.79 Å². The maximum atomic E-state index is 12.7. The average molecular weight is 361 g/mol. The van der Waals surface area contributed by atoms with Crippen LogP contribution in [0.25, 0.3) is 10.9 Å². The van der Waals surface area contributed by atoms with Crippen molar-refractivity contribution in [3.05, 3.63) is 30.0 Å². The molecule has 1 amide bonds. The zero-order valence-electron chi connectivity index (χ0n) is 15.0. The summed E-state index contributed by atoms with van der Waals surface area (Å²) >= 11 is 0. The minimum Gasteiger partial charge on any atom is -0.481 e. The Morgan fingerprint density at radius 2 is 1.85 bits per heavy atom. The monoisotopic (exact) mass is 361 g/mol. The van der Waals surface area contributed by atoms with Gasteiger partial charge in [0.05, 0.1) is 5.52 Å². The molecule has 0 unspecified atom stereocenters. The molecule has 0 aliphatic rings. The van der Waals surface area contributed by atoms with Crippen molar-refractivity contribution in [2.24, 2.45) is 5.41 Å². The summed E-state index contributed by atoms with van der Waals surface area (Å²) in [6.45, 7) is 5.54. The van der Waals surface area contributed by atoms with Gasteiger partial charge in [0.2, 0.25) is 0 Å². The number of carbonyl (C=O) groups excluding carboxylic acids is 1. The lowest BCUT2D eigenvalue weighted by molar-refractivity contribution is -0.142. The van der Waals surface area contributed by atoms with Crippen molar-refractivity contribution in [3.63, 3.8) is 0 Å². The van der Waals surface area contributed by atoms with Gasteiger partial charge >= 0.3 is 11.9 Å². The zero-order valence-corrected chi connectivity index (χ0v) is 15.0. The van der Waals surface area contributed by atoms with Gasteiger partial charge in [-0.1, -0.05) is 39.0 Å². The molecule has 0 radical (unpaired) electrons. The number of fused-ring (bicyclic) bond motifs is 1. The van der Waals surface area contributed by atoms with Crippen LogP contribution in [-0.4, -0.2) is 43.9 Å². The van der Waals surface area contributed by atoms with Crippen molar-refractivity contribution >= 4 is 28.7 Å². The Morgan fingerprint density at radius 1 is 1.19 bits per heavy atom. The minimum absolute atomic E-state index is 0.000823. The van der Waals surface area contributed by atoms with Crippen molar-refractivity contribution in [2.45, 2.75) is 46.2 Å². The molecule has 1 heterocycles. The summed E-state index contributed by atoms with van der Waals surface area (Å²) in [6, 6.07) is 6.02. The molecular formula is C18H23N3O5. The van der Waals surface area contributed by atoms with E-state index in [1.54, 1.807) is 49.7 Å². The Labute approximate surface area is 150 Å². The first-order valence-electron chi connectivity index (χ1n) is 8.32. The first-order valence-corrected chi connectivity index (χ1v) is 8.32. The highest BCUT2D eigenvalue weighted by Gasteiger charge is 2.33. The molecule has 0 fully saturated rings. The van der Waals surface area contributed by atoms with Crippen LogP contribution in [0.2, 0.25) is 0 Å². The number of benzene rings is 1. The predicted molar refractivity (Wildman–Crippen MR) is 94.9 cm³/mol. The van der Waals surface area contributed by atoms with Crippen LogP contribution in [0.3, 0.4) is 0 Å². The molecule has 3 N–H and O–H groups in total. The molecule has 0 saturated carbocycles. The summed E-state index contributed by atoms with van der Waals surface area (Å²) in [4.78, 5) is 34.9. The first kappa shape index (κ1) is 19.4. The summed E-state index contributed by atoms with van der Waals surface area (Å²) in [7, 11) is 0. The molecule has 8 nitrogen and oxygen atoms in total. The molecule has 1 atom stereocenters. The van der Waals surface area contributed by atoms with Crippen molar-refractivity contribution in [1.29, 1.82) is 0 Å². The SMILES string of the molecule is CC(C)(C)[C@H](NC(=O)c1nn(CCCC(=O)O)c2ccccc12)C(=O)O. The number of carboxylic acids is 2. The lowest BCUT2D eigenvalue weighted by Gasteiger charge is -2.27. The van der Waals surface area contributed by atoms with Gasteiger partial charge in [0.15, 0.2) is 5.69 Å². The number of hydrogen-bond acceptors (Lipinski definition) is 4. The predicted octanol–water partition coefficient (Wildman–Crippen LogP) is 2.13. The molecular weight excluding hydrogens is 338 g/mol. The number of hydrogen-bond donors (Lipinski definition) is 3. The van der Waals surface area contributed by atoms with Crippen LogP contribution >= 0.6 is 0 Å². The normalized spacial score (nSPS) is 12.7. The summed E-state index contributed by atoms with van der Waals surface area (Å²) in [6.07, 6.45) is 0.378. The molecule has 2 rings (SSSR count). The maximum absolute atomic E-state index is 12.7. The van der Waals surface area contributed by atoms with E-state index in [2.05, 4.69) is 10.4 Å². The molecule has 1 aromatic carbocycles.